The summed E-state index contributed by atoms with van der Waals surface area (Å²) in [6.07, 6.45) is 1.10. The fourth-order valence-electron chi connectivity index (χ4n) is 2.56. The van der Waals surface area contributed by atoms with Crippen LogP contribution in [0.2, 0.25) is 0 Å². The van der Waals surface area contributed by atoms with Gasteiger partial charge in [0.25, 0.3) is 0 Å². The molecular formula is C15H23NO3. The zero-order valence-electron chi connectivity index (χ0n) is 11.7. The van der Waals surface area contributed by atoms with Gasteiger partial charge in [0.1, 0.15) is 12.4 Å². The smallest absolute Gasteiger partial charge is 0.124 e. The van der Waals surface area contributed by atoms with Gasteiger partial charge in [-0.3, -0.25) is 0 Å². The molecule has 19 heavy (non-hydrogen) atoms. The van der Waals surface area contributed by atoms with Crippen LogP contribution in [0.5, 0.6) is 5.75 Å². The van der Waals surface area contributed by atoms with Gasteiger partial charge in [0, 0.05) is 31.2 Å². The standard InChI is InChI=1S/C15H23NO3/c1-16-15(12-7-8-18-11-12)13-5-3-4-6-14(13)19-10-9-17-2/h3-6,12,15-16H,7-11H2,1-2H3. The zero-order valence-corrected chi connectivity index (χ0v) is 11.7. The van der Waals surface area contributed by atoms with Crippen molar-refractivity contribution in [1.82, 2.24) is 5.32 Å². The minimum Gasteiger partial charge on any atom is -0.491 e. The molecule has 0 aromatic heterocycles. The van der Waals surface area contributed by atoms with Crippen LogP contribution < -0.4 is 10.1 Å². The molecule has 1 saturated heterocycles. The summed E-state index contributed by atoms with van der Waals surface area (Å²) in [5.41, 5.74) is 1.21. The Morgan fingerprint density at radius 3 is 2.89 bits per heavy atom. The van der Waals surface area contributed by atoms with Gasteiger partial charge in [-0.2, -0.15) is 0 Å². The van der Waals surface area contributed by atoms with E-state index >= 15 is 0 Å². The van der Waals surface area contributed by atoms with Crippen molar-refractivity contribution in [2.75, 3.05) is 40.6 Å². The first-order chi connectivity index (χ1) is 9.36. The summed E-state index contributed by atoms with van der Waals surface area (Å²) < 4.78 is 16.3. The second kappa shape index (κ2) is 7.48. The monoisotopic (exact) mass is 265 g/mol. The molecule has 0 radical (unpaired) electrons. The molecule has 0 amide bonds. The van der Waals surface area contributed by atoms with Crippen molar-refractivity contribution in [3.63, 3.8) is 0 Å². The molecule has 1 fully saturated rings. The molecule has 1 aromatic rings. The fourth-order valence-corrected chi connectivity index (χ4v) is 2.56. The molecule has 1 aliphatic heterocycles. The van der Waals surface area contributed by atoms with Crippen molar-refractivity contribution >= 4 is 0 Å². The van der Waals surface area contributed by atoms with E-state index in [0.717, 1.165) is 25.4 Å². The minimum absolute atomic E-state index is 0.279. The number of para-hydroxylation sites is 1. The lowest BCUT2D eigenvalue weighted by Gasteiger charge is -2.24. The van der Waals surface area contributed by atoms with Crippen molar-refractivity contribution in [1.29, 1.82) is 0 Å². The summed E-state index contributed by atoms with van der Waals surface area (Å²) >= 11 is 0. The van der Waals surface area contributed by atoms with Gasteiger partial charge >= 0.3 is 0 Å². The molecule has 4 nitrogen and oxygen atoms in total. The highest BCUT2D eigenvalue weighted by molar-refractivity contribution is 5.36. The molecule has 0 saturated carbocycles. The summed E-state index contributed by atoms with van der Waals surface area (Å²) in [4.78, 5) is 0. The highest BCUT2D eigenvalue weighted by Gasteiger charge is 2.27. The second-order valence-electron chi connectivity index (χ2n) is 4.77. The van der Waals surface area contributed by atoms with Gasteiger partial charge in [0.2, 0.25) is 0 Å². The molecule has 2 rings (SSSR count). The van der Waals surface area contributed by atoms with E-state index in [1.54, 1.807) is 7.11 Å². The first kappa shape index (κ1) is 14.3. The highest BCUT2D eigenvalue weighted by Crippen LogP contribution is 2.33. The number of methoxy groups -OCH3 is 1. The van der Waals surface area contributed by atoms with E-state index < -0.39 is 0 Å². The highest BCUT2D eigenvalue weighted by atomic mass is 16.5. The average molecular weight is 265 g/mol. The molecule has 106 valence electrons. The SMILES string of the molecule is CNC(c1ccccc1OCCOC)C1CCOC1. The van der Waals surface area contributed by atoms with Crippen LogP contribution in [0, 0.1) is 5.92 Å². The summed E-state index contributed by atoms with van der Waals surface area (Å²) in [7, 11) is 3.68. The van der Waals surface area contributed by atoms with E-state index in [0.29, 0.717) is 19.1 Å². The van der Waals surface area contributed by atoms with Gasteiger partial charge in [-0.05, 0) is 19.5 Å². The largest absolute Gasteiger partial charge is 0.491 e. The fraction of sp³-hybridized carbons (Fsp3) is 0.600. The van der Waals surface area contributed by atoms with Crippen LogP contribution in [-0.4, -0.2) is 40.6 Å². The molecule has 1 heterocycles. The topological polar surface area (TPSA) is 39.7 Å². The van der Waals surface area contributed by atoms with E-state index in [1.165, 1.54) is 5.56 Å². The molecule has 1 aromatic carbocycles. The molecule has 2 atom stereocenters. The van der Waals surface area contributed by atoms with Gasteiger partial charge in [0.15, 0.2) is 0 Å². The van der Waals surface area contributed by atoms with Crippen molar-refractivity contribution in [3.8, 4) is 5.75 Å². The number of ether oxygens (including phenoxy) is 3. The van der Waals surface area contributed by atoms with E-state index in [4.69, 9.17) is 14.2 Å². The van der Waals surface area contributed by atoms with Crippen molar-refractivity contribution in [3.05, 3.63) is 29.8 Å². The minimum atomic E-state index is 0.279. The molecule has 0 bridgehead atoms. The van der Waals surface area contributed by atoms with Crippen LogP contribution in [0.25, 0.3) is 0 Å². The number of nitrogens with one attached hydrogen (secondary N) is 1. The van der Waals surface area contributed by atoms with E-state index in [1.807, 2.05) is 19.2 Å². The van der Waals surface area contributed by atoms with Gasteiger partial charge in [-0.15, -0.1) is 0 Å². The Balaban J connectivity index is 2.11. The molecule has 2 unspecified atom stereocenters. The predicted molar refractivity (Wildman–Crippen MR) is 74.5 cm³/mol. The van der Waals surface area contributed by atoms with Gasteiger partial charge in [-0.25, -0.2) is 0 Å². The normalized spacial score (nSPS) is 20.4. The lowest BCUT2D eigenvalue weighted by molar-refractivity contribution is 0.144. The Bertz CT molecular complexity index is 377. The van der Waals surface area contributed by atoms with Gasteiger partial charge < -0.3 is 19.5 Å². The maximum atomic E-state index is 5.81. The predicted octanol–water partition coefficient (Wildman–Crippen LogP) is 2.01. The number of hydrogen-bond acceptors (Lipinski definition) is 4. The summed E-state index contributed by atoms with van der Waals surface area (Å²) in [6.45, 7) is 2.85. The third-order valence-corrected chi connectivity index (χ3v) is 3.55. The van der Waals surface area contributed by atoms with Crippen LogP contribution in [0.1, 0.15) is 18.0 Å². The third kappa shape index (κ3) is 3.69. The Morgan fingerprint density at radius 1 is 1.37 bits per heavy atom. The van der Waals surface area contributed by atoms with Crippen molar-refractivity contribution in [2.24, 2.45) is 5.92 Å². The maximum Gasteiger partial charge on any atom is 0.124 e. The van der Waals surface area contributed by atoms with E-state index in [9.17, 15) is 0 Å². The third-order valence-electron chi connectivity index (χ3n) is 3.55. The Kier molecular flexibility index (Phi) is 5.63. The second-order valence-corrected chi connectivity index (χ2v) is 4.77. The molecule has 4 heteroatoms. The van der Waals surface area contributed by atoms with Crippen LogP contribution in [0.4, 0.5) is 0 Å². The number of rotatable bonds is 7. The lowest BCUT2D eigenvalue weighted by Crippen LogP contribution is -2.26. The van der Waals surface area contributed by atoms with Crippen LogP contribution >= 0.6 is 0 Å². The number of hydrogen-bond donors (Lipinski definition) is 1. The summed E-state index contributed by atoms with van der Waals surface area (Å²) in [5.74, 6) is 1.45. The van der Waals surface area contributed by atoms with E-state index in [2.05, 4.69) is 17.4 Å². The van der Waals surface area contributed by atoms with Crippen LogP contribution in [0.3, 0.4) is 0 Å². The first-order valence-electron chi connectivity index (χ1n) is 6.82. The van der Waals surface area contributed by atoms with E-state index in [-0.39, 0.29) is 6.04 Å². The summed E-state index contributed by atoms with van der Waals surface area (Å²) in [5, 5.41) is 3.40. The molecule has 0 spiro atoms. The van der Waals surface area contributed by atoms with Crippen molar-refractivity contribution in [2.45, 2.75) is 12.5 Å². The van der Waals surface area contributed by atoms with Crippen molar-refractivity contribution < 1.29 is 14.2 Å². The van der Waals surface area contributed by atoms with Crippen LogP contribution in [0.15, 0.2) is 24.3 Å². The average Bonchev–Trinajstić information content (AvgIpc) is 2.96. The summed E-state index contributed by atoms with van der Waals surface area (Å²) in [6, 6.07) is 8.48. The van der Waals surface area contributed by atoms with Crippen LogP contribution in [-0.2, 0) is 9.47 Å². The Morgan fingerprint density at radius 2 is 2.21 bits per heavy atom. The molecule has 1 N–H and O–H groups in total. The molecule has 0 aliphatic carbocycles. The Labute approximate surface area is 115 Å². The number of benzene rings is 1. The Hall–Kier alpha value is -1.10. The maximum absolute atomic E-state index is 5.81. The zero-order chi connectivity index (χ0) is 13.5. The quantitative estimate of drug-likeness (QED) is 0.766. The first-order valence-corrected chi connectivity index (χ1v) is 6.82. The van der Waals surface area contributed by atoms with Gasteiger partial charge in [0.05, 0.1) is 13.2 Å². The lowest BCUT2D eigenvalue weighted by atomic mass is 9.92. The van der Waals surface area contributed by atoms with Gasteiger partial charge in [-0.1, -0.05) is 18.2 Å². The molecule has 1 aliphatic rings. The molecular weight excluding hydrogens is 242 g/mol.